The van der Waals surface area contributed by atoms with Gasteiger partial charge in [0.25, 0.3) is 5.91 Å². The van der Waals surface area contributed by atoms with Crippen LogP contribution in [0.25, 0.3) is 0 Å². The third-order valence-corrected chi connectivity index (χ3v) is 3.37. The van der Waals surface area contributed by atoms with Gasteiger partial charge in [0, 0.05) is 11.4 Å². The van der Waals surface area contributed by atoms with Crippen molar-refractivity contribution in [3.63, 3.8) is 0 Å². The minimum Gasteiger partial charge on any atom is -0.494 e. The zero-order chi connectivity index (χ0) is 17.5. The SMILES string of the molecule is CCOc1ccc(NC(=O)c2ccc(Nc3ccccc3)nn2)cc1. The van der Waals surface area contributed by atoms with E-state index in [9.17, 15) is 4.79 Å². The van der Waals surface area contributed by atoms with Crippen LogP contribution in [-0.2, 0) is 0 Å². The molecular weight excluding hydrogens is 316 g/mol. The number of nitrogens with one attached hydrogen (secondary N) is 2. The van der Waals surface area contributed by atoms with Crippen molar-refractivity contribution >= 4 is 23.1 Å². The van der Waals surface area contributed by atoms with Crippen LogP contribution in [0, 0.1) is 0 Å². The zero-order valence-electron chi connectivity index (χ0n) is 13.8. The Kier molecular flexibility index (Phi) is 5.21. The number of carbonyl (C=O) groups excluding carboxylic acids is 1. The van der Waals surface area contributed by atoms with Crippen molar-refractivity contribution in [3.8, 4) is 5.75 Å². The van der Waals surface area contributed by atoms with E-state index in [1.54, 1.807) is 36.4 Å². The van der Waals surface area contributed by atoms with Gasteiger partial charge in [-0.15, -0.1) is 10.2 Å². The highest BCUT2D eigenvalue weighted by Gasteiger charge is 2.09. The molecule has 0 unspecified atom stereocenters. The summed E-state index contributed by atoms with van der Waals surface area (Å²) < 4.78 is 5.37. The summed E-state index contributed by atoms with van der Waals surface area (Å²) in [6.45, 7) is 2.52. The van der Waals surface area contributed by atoms with Gasteiger partial charge in [-0.05, 0) is 55.5 Å². The van der Waals surface area contributed by atoms with Crippen molar-refractivity contribution in [2.45, 2.75) is 6.92 Å². The maximum Gasteiger partial charge on any atom is 0.276 e. The van der Waals surface area contributed by atoms with Crippen molar-refractivity contribution in [2.75, 3.05) is 17.2 Å². The quantitative estimate of drug-likeness (QED) is 0.715. The molecule has 0 atom stereocenters. The molecule has 2 N–H and O–H groups in total. The van der Waals surface area contributed by atoms with E-state index < -0.39 is 0 Å². The van der Waals surface area contributed by atoms with Crippen LogP contribution >= 0.6 is 0 Å². The highest BCUT2D eigenvalue weighted by molar-refractivity contribution is 6.02. The van der Waals surface area contributed by atoms with Crippen molar-refractivity contribution in [3.05, 3.63) is 72.4 Å². The lowest BCUT2D eigenvalue weighted by Crippen LogP contribution is -2.14. The first kappa shape index (κ1) is 16.4. The monoisotopic (exact) mass is 334 g/mol. The van der Waals surface area contributed by atoms with E-state index in [4.69, 9.17) is 4.74 Å². The summed E-state index contributed by atoms with van der Waals surface area (Å²) in [7, 11) is 0. The Bertz CT molecular complexity index is 818. The van der Waals surface area contributed by atoms with Crippen LogP contribution < -0.4 is 15.4 Å². The van der Waals surface area contributed by atoms with Crippen LogP contribution in [0.2, 0.25) is 0 Å². The zero-order valence-corrected chi connectivity index (χ0v) is 13.8. The van der Waals surface area contributed by atoms with E-state index in [0.717, 1.165) is 11.4 Å². The van der Waals surface area contributed by atoms with Crippen molar-refractivity contribution < 1.29 is 9.53 Å². The lowest BCUT2D eigenvalue weighted by molar-refractivity contribution is 0.102. The van der Waals surface area contributed by atoms with Crippen LogP contribution in [0.1, 0.15) is 17.4 Å². The third kappa shape index (κ3) is 4.54. The summed E-state index contributed by atoms with van der Waals surface area (Å²) in [6, 6.07) is 20.1. The van der Waals surface area contributed by atoms with Crippen molar-refractivity contribution in [2.24, 2.45) is 0 Å². The summed E-state index contributed by atoms with van der Waals surface area (Å²) in [5, 5.41) is 13.9. The molecule has 126 valence electrons. The summed E-state index contributed by atoms with van der Waals surface area (Å²) in [4.78, 5) is 12.2. The van der Waals surface area contributed by atoms with E-state index >= 15 is 0 Å². The number of amides is 1. The summed E-state index contributed by atoms with van der Waals surface area (Å²) >= 11 is 0. The number of nitrogens with zero attached hydrogens (tertiary/aromatic N) is 2. The number of rotatable bonds is 6. The minimum atomic E-state index is -0.317. The fraction of sp³-hybridized carbons (Fsp3) is 0.105. The maximum atomic E-state index is 12.2. The number of hydrogen-bond donors (Lipinski definition) is 2. The Balaban J connectivity index is 1.62. The molecule has 2 aromatic carbocycles. The van der Waals surface area contributed by atoms with Gasteiger partial charge in [-0.2, -0.15) is 0 Å². The average molecular weight is 334 g/mol. The Morgan fingerprint density at radius 1 is 0.920 bits per heavy atom. The van der Waals surface area contributed by atoms with Gasteiger partial charge < -0.3 is 15.4 Å². The Labute approximate surface area is 145 Å². The largest absolute Gasteiger partial charge is 0.494 e. The fourth-order valence-electron chi connectivity index (χ4n) is 2.19. The van der Waals surface area contributed by atoms with Gasteiger partial charge in [-0.25, -0.2) is 0 Å². The highest BCUT2D eigenvalue weighted by atomic mass is 16.5. The molecule has 3 aromatic rings. The lowest BCUT2D eigenvalue weighted by atomic mass is 10.3. The average Bonchev–Trinajstić information content (AvgIpc) is 2.65. The Morgan fingerprint density at radius 3 is 2.32 bits per heavy atom. The maximum absolute atomic E-state index is 12.2. The number of anilines is 3. The molecular formula is C19H18N4O2. The number of hydrogen-bond acceptors (Lipinski definition) is 5. The fourth-order valence-corrected chi connectivity index (χ4v) is 2.19. The van der Waals surface area contributed by atoms with E-state index in [-0.39, 0.29) is 11.6 Å². The van der Waals surface area contributed by atoms with Gasteiger partial charge >= 0.3 is 0 Å². The molecule has 0 aliphatic rings. The molecule has 0 radical (unpaired) electrons. The first-order valence-electron chi connectivity index (χ1n) is 7.94. The second kappa shape index (κ2) is 7.92. The Morgan fingerprint density at radius 2 is 1.68 bits per heavy atom. The molecule has 0 saturated carbocycles. The predicted molar refractivity (Wildman–Crippen MR) is 97.3 cm³/mol. The van der Waals surface area contributed by atoms with Crippen LogP contribution in [0.5, 0.6) is 5.75 Å². The van der Waals surface area contributed by atoms with E-state index in [1.165, 1.54) is 0 Å². The second-order valence-electron chi connectivity index (χ2n) is 5.21. The van der Waals surface area contributed by atoms with Crippen LogP contribution in [0.4, 0.5) is 17.2 Å². The molecule has 0 aliphatic heterocycles. The van der Waals surface area contributed by atoms with Gasteiger partial charge in [0.15, 0.2) is 11.5 Å². The summed E-state index contributed by atoms with van der Waals surface area (Å²) in [5.74, 6) is 1.02. The first-order valence-corrected chi connectivity index (χ1v) is 7.94. The number of benzene rings is 2. The molecule has 0 aliphatic carbocycles. The predicted octanol–water partition coefficient (Wildman–Crippen LogP) is 3.87. The number of ether oxygens (including phenoxy) is 1. The molecule has 0 spiro atoms. The number of para-hydroxylation sites is 1. The van der Waals surface area contributed by atoms with E-state index in [1.807, 2.05) is 37.3 Å². The second-order valence-corrected chi connectivity index (χ2v) is 5.21. The van der Waals surface area contributed by atoms with Crippen LogP contribution in [0.15, 0.2) is 66.7 Å². The molecule has 0 fully saturated rings. The lowest BCUT2D eigenvalue weighted by Gasteiger charge is -2.07. The molecule has 3 rings (SSSR count). The van der Waals surface area contributed by atoms with Crippen LogP contribution in [0.3, 0.4) is 0 Å². The minimum absolute atomic E-state index is 0.243. The molecule has 6 heteroatoms. The summed E-state index contributed by atoms with van der Waals surface area (Å²) in [5.41, 5.74) is 1.82. The molecule has 0 saturated heterocycles. The van der Waals surface area contributed by atoms with Crippen molar-refractivity contribution in [1.82, 2.24) is 10.2 Å². The molecule has 0 bridgehead atoms. The van der Waals surface area contributed by atoms with E-state index in [2.05, 4.69) is 20.8 Å². The first-order chi connectivity index (χ1) is 12.2. The molecule has 25 heavy (non-hydrogen) atoms. The molecule has 6 nitrogen and oxygen atoms in total. The van der Waals surface area contributed by atoms with Gasteiger partial charge in [0.2, 0.25) is 0 Å². The molecule has 1 amide bonds. The molecule has 1 aromatic heterocycles. The standard InChI is InChI=1S/C19H18N4O2/c1-2-25-16-10-8-15(9-11-16)21-19(24)17-12-13-18(23-22-17)20-14-6-4-3-5-7-14/h3-13H,2H2,1H3,(H,20,23)(H,21,24). The van der Waals surface area contributed by atoms with Gasteiger partial charge in [-0.1, -0.05) is 18.2 Å². The molecule has 1 heterocycles. The third-order valence-electron chi connectivity index (χ3n) is 3.37. The number of aromatic nitrogens is 2. The van der Waals surface area contributed by atoms with Crippen molar-refractivity contribution in [1.29, 1.82) is 0 Å². The summed E-state index contributed by atoms with van der Waals surface area (Å²) in [6.07, 6.45) is 0. The van der Waals surface area contributed by atoms with E-state index in [0.29, 0.717) is 18.1 Å². The highest BCUT2D eigenvalue weighted by Crippen LogP contribution is 2.17. The van der Waals surface area contributed by atoms with Gasteiger partial charge in [0.05, 0.1) is 6.61 Å². The Hall–Kier alpha value is -3.41. The topological polar surface area (TPSA) is 76.1 Å². The normalized spacial score (nSPS) is 10.1. The number of carbonyl (C=O) groups is 1. The van der Waals surface area contributed by atoms with Gasteiger partial charge in [0.1, 0.15) is 5.75 Å². The van der Waals surface area contributed by atoms with Gasteiger partial charge in [-0.3, -0.25) is 4.79 Å². The van der Waals surface area contributed by atoms with Crippen LogP contribution in [-0.4, -0.2) is 22.7 Å². The smallest absolute Gasteiger partial charge is 0.276 e.